The highest BCUT2D eigenvalue weighted by Gasteiger charge is 2.31. The molecule has 14 nitrogen and oxygen atoms in total. The summed E-state index contributed by atoms with van der Waals surface area (Å²) < 4.78 is 22.7. The third-order valence-electron chi connectivity index (χ3n) is 7.60. The molecular weight excluding hydrogens is 800 g/mol. The average molecular weight is 870 g/mol. The first-order chi connectivity index (χ1) is 26.1. The summed E-state index contributed by atoms with van der Waals surface area (Å²) in [5, 5.41) is 7.99. The number of nitrogens with zero attached hydrogens (tertiary/aromatic N) is 1. The summed E-state index contributed by atoms with van der Waals surface area (Å²) in [6, 6.07) is 4.66. The number of nitrogens with one attached hydrogen (secondary N) is 3. The van der Waals surface area contributed by atoms with Crippen molar-refractivity contribution in [2.75, 3.05) is 13.1 Å². The third-order valence-corrected chi connectivity index (χ3v) is 8.12. The SMILES string of the molecule is CC(C)(C)OC(=O)CCC(NC(=O)NC(CCCCN(Cc1ccc(Br)cc1)C(=O)CCCCCNC(=O)OC(C)(C)C)C(=O)OC(C)(C)C)C(=O)OC(C)(C)C. The van der Waals surface area contributed by atoms with Crippen molar-refractivity contribution in [2.45, 2.75) is 182 Å². The molecule has 1 rings (SSSR count). The van der Waals surface area contributed by atoms with Crippen LogP contribution in [0.1, 0.15) is 146 Å². The van der Waals surface area contributed by atoms with Crippen LogP contribution in [-0.2, 0) is 44.7 Å². The highest BCUT2D eigenvalue weighted by atomic mass is 79.9. The summed E-state index contributed by atoms with van der Waals surface area (Å²) >= 11 is 3.46. The molecule has 0 fully saturated rings. The minimum absolute atomic E-state index is 0.0150. The lowest BCUT2D eigenvalue weighted by Crippen LogP contribution is -2.53. The lowest BCUT2D eigenvalue weighted by Gasteiger charge is -2.27. The minimum atomic E-state index is -1.20. The fourth-order valence-corrected chi connectivity index (χ4v) is 5.51. The van der Waals surface area contributed by atoms with Crippen LogP contribution in [-0.4, -0.2) is 88.4 Å². The largest absolute Gasteiger partial charge is 0.460 e. The smallest absolute Gasteiger partial charge is 0.407 e. The zero-order chi connectivity index (χ0) is 43.6. The second-order valence-electron chi connectivity index (χ2n) is 18.1. The summed E-state index contributed by atoms with van der Waals surface area (Å²) in [6.45, 7) is 22.1. The van der Waals surface area contributed by atoms with Crippen LogP contribution in [0.15, 0.2) is 28.7 Å². The maximum Gasteiger partial charge on any atom is 0.407 e. The number of hydrogen-bond acceptors (Lipinski definition) is 10. The molecule has 0 saturated heterocycles. The van der Waals surface area contributed by atoms with Gasteiger partial charge < -0.3 is 39.8 Å². The number of esters is 3. The molecule has 2 atom stereocenters. The lowest BCUT2D eigenvalue weighted by molar-refractivity contribution is -0.159. The van der Waals surface area contributed by atoms with Gasteiger partial charge in [-0.25, -0.2) is 19.2 Å². The van der Waals surface area contributed by atoms with E-state index < -0.39 is 64.5 Å². The van der Waals surface area contributed by atoms with Crippen LogP contribution in [0.2, 0.25) is 0 Å². The summed E-state index contributed by atoms with van der Waals surface area (Å²) in [7, 11) is 0. The van der Waals surface area contributed by atoms with Gasteiger partial charge in [0.15, 0.2) is 0 Å². The third kappa shape index (κ3) is 25.9. The number of benzene rings is 1. The van der Waals surface area contributed by atoms with Crippen LogP contribution in [0.4, 0.5) is 9.59 Å². The Morgan fingerprint density at radius 3 is 1.63 bits per heavy atom. The molecule has 0 aromatic heterocycles. The van der Waals surface area contributed by atoms with Crippen LogP contribution >= 0.6 is 15.9 Å². The zero-order valence-corrected chi connectivity index (χ0v) is 37.9. The van der Waals surface area contributed by atoms with E-state index in [0.717, 1.165) is 16.5 Å². The van der Waals surface area contributed by atoms with Gasteiger partial charge in [-0.2, -0.15) is 0 Å². The van der Waals surface area contributed by atoms with Crippen molar-refractivity contribution in [1.82, 2.24) is 20.9 Å². The minimum Gasteiger partial charge on any atom is -0.460 e. The molecule has 1 aromatic carbocycles. The van der Waals surface area contributed by atoms with E-state index in [-0.39, 0.29) is 25.2 Å². The number of unbranched alkanes of at least 4 members (excludes halogenated alkanes) is 3. The highest BCUT2D eigenvalue weighted by molar-refractivity contribution is 9.10. The van der Waals surface area contributed by atoms with Crippen molar-refractivity contribution in [3.63, 3.8) is 0 Å². The normalized spacial score (nSPS) is 13.1. The maximum absolute atomic E-state index is 13.5. The fourth-order valence-electron chi connectivity index (χ4n) is 5.25. The van der Waals surface area contributed by atoms with Crippen molar-refractivity contribution < 1.29 is 47.7 Å². The molecule has 324 valence electrons. The number of ether oxygens (including phenoxy) is 4. The zero-order valence-electron chi connectivity index (χ0n) is 36.4. The Kier molecular flexibility index (Phi) is 21.1. The van der Waals surface area contributed by atoms with Crippen LogP contribution in [0, 0.1) is 0 Å². The number of halogens is 1. The summed E-state index contributed by atoms with van der Waals surface area (Å²) in [5.41, 5.74) is -2.03. The first-order valence-corrected chi connectivity index (χ1v) is 20.7. The molecule has 15 heteroatoms. The lowest BCUT2D eigenvalue weighted by atomic mass is 10.1. The van der Waals surface area contributed by atoms with Gasteiger partial charge in [0.2, 0.25) is 5.91 Å². The fraction of sp³-hybridized carbons (Fsp3) is 0.714. The number of hydrogen-bond donors (Lipinski definition) is 3. The number of alkyl carbamates (subject to hydrolysis) is 1. The Bertz CT molecular complexity index is 1460. The van der Waals surface area contributed by atoms with Gasteiger partial charge >= 0.3 is 30.0 Å². The number of carbonyl (C=O) groups excluding carboxylic acids is 6. The number of carbonyl (C=O) groups is 6. The quantitative estimate of drug-likeness (QED) is 0.0664. The Hall–Kier alpha value is -3.88. The van der Waals surface area contributed by atoms with Gasteiger partial charge in [-0.15, -0.1) is 0 Å². The predicted octanol–water partition coefficient (Wildman–Crippen LogP) is 7.87. The standard InChI is InChI=1S/C42H69BrN4O10/c1-39(2,3)54-34(49)25-24-32(36(51)56-41(7,8)9)46-37(52)45-31(35(50)55-40(4,5)6)18-15-17-27-47(28-29-20-22-30(43)23-21-29)33(48)19-14-13-16-26-44-38(53)57-42(10,11)12/h20-23,31-32H,13-19,24-28H2,1-12H3,(H,44,53)(H2,45,46,52). The predicted molar refractivity (Wildman–Crippen MR) is 222 cm³/mol. The second kappa shape index (κ2) is 23.5. The first-order valence-electron chi connectivity index (χ1n) is 19.9. The summed E-state index contributed by atoms with van der Waals surface area (Å²) in [4.78, 5) is 79.4. The van der Waals surface area contributed by atoms with Crippen LogP contribution in [0.5, 0.6) is 0 Å². The number of rotatable bonds is 20. The van der Waals surface area contributed by atoms with Crippen LogP contribution in [0.3, 0.4) is 0 Å². The van der Waals surface area contributed by atoms with Gasteiger partial charge in [-0.3, -0.25) is 9.59 Å². The van der Waals surface area contributed by atoms with Gasteiger partial charge in [-0.05, 0) is 139 Å². The Morgan fingerprint density at radius 2 is 1.12 bits per heavy atom. The van der Waals surface area contributed by atoms with E-state index in [1.54, 1.807) is 88.0 Å². The summed E-state index contributed by atoms with van der Waals surface area (Å²) in [5.74, 6) is -1.93. The Morgan fingerprint density at radius 1 is 0.614 bits per heavy atom. The average Bonchev–Trinajstić information content (AvgIpc) is 3.02. The van der Waals surface area contributed by atoms with Crippen molar-refractivity contribution >= 4 is 51.9 Å². The van der Waals surface area contributed by atoms with Crippen molar-refractivity contribution in [3.8, 4) is 0 Å². The molecule has 0 radical (unpaired) electrons. The highest BCUT2D eigenvalue weighted by Crippen LogP contribution is 2.18. The van der Waals surface area contributed by atoms with Gasteiger partial charge in [0.05, 0.1) is 0 Å². The Labute approximate surface area is 348 Å². The molecule has 4 amide bonds. The van der Waals surface area contributed by atoms with E-state index in [4.69, 9.17) is 18.9 Å². The van der Waals surface area contributed by atoms with Gasteiger partial charge in [-0.1, -0.05) is 34.5 Å². The molecule has 0 aliphatic rings. The molecule has 1 aromatic rings. The number of urea groups is 1. The van der Waals surface area contributed by atoms with E-state index in [2.05, 4.69) is 31.9 Å². The first kappa shape index (κ1) is 51.1. The maximum atomic E-state index is 13.5. The Balaban J connectivity index is 2.98. The van der Waals surface area contributed by atoms with Crippen LogP contribution in [0.25, 0.3) is 0 Å². The van der Waals surface area contributed by atoms with Gasteiger partial charge in [0.1, 0.15) is 34.5 Å². The van der Waals surface area contributed by atoms with Crippen LogP contribution < -0.4 is 16.0 Å². The van der Waals surface area contributed by atoms with Crippen molar-refractivity contribution in [1.29, 1.82) is 0 Å². The molecule has 0 aliphatic carbocycles. The topological polar surface area (TPSA) is 179 Å². The second-order valence-corrected chi connectivity index (χ2v) is 19.0. The molecule has 57 heavy (non-hydrogen) atoms. The molecule has 0 heterocycles. The summed E-state index contributed by atoms with van der Waals surface area (Å²) in [6.07, 6.45) is 2.90. The number of amides is 4. The van der Waals surface area contributed by atoms with E-state index in [0.29, 0.717) is 51.7 Å². The molecular formula is C42H69BrN4O10. The molecule has 0 saturated carbocycles. The van der Waals surface area contributed by atoms with Crippen molar-refractivity contribution in [2.24, 2.45) is 0 Å². The van der Waals surface area contributed by atoms with Crippen molar-refractivity contribution in [3.05, 3.63) is 34.3 Å². The van der Waals surface area contributed by atoms with E-state index >= 15 is 0 Å². The molecule has 0 bridgehead atoms. The molecule has 0 aliphatic heterocycles. The van der Waals surface area contributed by atoms with Gasteiger partial charge in [0.25, 0.3) is 0 Å². The van der Waals surface area contributed by atoms with E-state index in [9.17, 15) is 28.8 Å². The van der Waals surface area contributed by atoms with E-state index in [1.165, 1.54) is 0 Å². The monoisotopic (exact) mass is 868 g/mol. The molecule has 2 unspecified atom stereocenters. The van der Waals surface area contributed by atoms with Gasteiger partial charge in [0, 0.05) is 36.9 Å². The molecule has 0 spiro atoms. The molecule has 3 N–H and O–H groups in total. The van der Waals surface area contributed by atoms with E-state index in [1.807, 2.05) is 24.3 Å².